The Kier molecular flexibility index (Phi) is 7.10. The van der Waals surface area contributed by atoms with Gasteiger partial charge in [-0.2, -0.15) is 0 Å². The molecule has 38 heavy (non-hydrogen) atoms. The topological polar surface area (TPSA) is 71.8 Å². The van der Waals surface area contributed by atoms with Crippen LogP contribution in [-0.4, -0.2) is 42.5 Å². The third kappa shape index (κ3) is 4.97. The molecule has 5 rings (SSSR count). The van der Waals surface area contributed by atoms with Crippen LogP contribution in [0.4, 0.5) is 20.5 Å². The first kappa shape index (κ1) is 25.8. The smallest absolute Gasteiger partial charge is 0.229 e. The van der Waals surface area contributed by atoms with Crippen LogP contribution in [0.25, 0.3) is 22.3 Å². The molecule has 4 aromatic rings. The second-order valence-electron chi connectivity index (χ2n) is 10.2. The maximum atomic E-state index is 15.0. The number of hydrogen-bond donors (Lipinski definition) is 1. The lowest BCUT2D eigenvalue weighted by Crippen LogP contribution is -2.26. The Balaban J connectivity index is 1.38. The van der Waals surface area contributed by atoms with E-state index in [-0.39, 0.29) is 23.2 Å². The van der Waals surface area contributed by atoms with Crippen molar-refractivity contribution >= 4 is 22.8 Å². The maximum Gasteiger partial charge on any atom is 0.229 e. The Morgan fingerprint density at radius 1 is 1.05 bits per heavy atom. The Morgan fingerprint density at radius 3 is 2.53 bits per heavy atom. The quantitative estimate of drug-likeness (QED) is 0.292. The predicted molar refractivity (Wildman–Crippen MR) is 146 cm³/mol. The lowest BCUT2D eigenvalue weighted by molar-refractivity contribution is 0.321. The molecule has 0 saturated carbocycles. The van der Waals surface area contributed by atoms with Crippen LogP contribution >= 0.6 is 0 Å². The lowest BCUT2D eigenvalue weighted by Gasteiger charge is -2.30. The van der Waals surface area contributed by atoms with Crippen molar-refractivity contribution < 1.29 is 8.78 Å². The van der Waals surface area contributed by atoms with Crippen molar-refractivity contribution in [1.82, 2.24) is 29.4 Å². The molecule has 9 heteroatoms. The zero-order valence-corrected chi connectivity index (χ0v) is 22.4. The molecule has 1 aromatic carbocycles. The summed E-state index contributed by atoms with van der Waals surface area (Å²) in [5, 5.41) is 3.05. The second-order valence-corrected chi connectivity index (χ2v) is 10.2. The molecule has 1 N–H and O–H groups in total. The highest BCUT2D eigenvalue weighted by Gasteiger charge is 2.21. The molecule has 0 aliphatic carbocycles. The molecule has 3 aromatic heterocycles. The van der Waals surface area contributed by atoms with Gasteiger partial charge < -0.3 is 14.8 Å². The number of imidazole rings is 1. The Hall–Kier alpha value is -3.88. The molecular formula is C29H33F2N7. The van der Waals surface area contributed by atoms with Crippen LogP contribution in [0.5, 0.6) is 0 Å². The van der Waals surface area contributed by atoms with Crippen LogP contribution in [0.3, 0.4) is 0 Å². The summed E-state index contributed by atoms with van der Waals surface area (Å²) in [6.45, 7) is 12.3. The van der Waals surface area contributed by atoms with E-state index >= 15 is 0 Å². The average Bonchev–Trinajstić information content (AvgIpc) is 3.26. The van der Waals surface area contributed by atoms with Crippen molar-refractivity contribution in [3.63, 3.8) is 0 Å². The zero-order chi connectivity index (χ0) is 27.0. The molecule has 0 bridgehead atoms. The standard InChI is InChI=1S/C29H33F2N7/c1-6-37-11-9-20(10-12-37)18(4)21-7-8-26(32-15-21)35-29-33-16-24(31)27(36-29)22-13-23(30)28-25(14-22)38(17(2)3)19(5)34-28/h7-9,11,13-18,20H,6,10,12H2,1-5H3,(H,32,33,35,36). The van der Waals surface area contributed by atoms with E-state index in [9.17, 15) is 8.78 Å². The number of benzene rings is 1. The SMILES string of the molecule is CCN1C=CC(C(C)c2ccc(Nc3ncc(F)c(-c4cc(F)c5nc(C)n(C(C)C)c5c4)n3)nc2)CC1. The number of nitrogens with one attached hydrogen (secondary N) is 1. The van der Waals surface area contributed by atoms with E-state index < -0.39 is 11.6 Å². The van der Waals surface area contributed by atoms with Crippen LogP contribution in [-0.2, 0) is 0 Å². The molecule has 1 aliphatic rings. The van der Waals surface area contributed by atoms with Gasteiger partial charge >= 0.3 is 0 Å². The zero-order valence-electron chi connectivity index (χ0n) is 22.4. The van der Waals surface area contributed by atoms with E-state index in [0.29, 0.717) is 34.6 Å². The van der Waals surface area contributed by atoms with Gasteiger partial charge in [0.2, 0.25) is 5.95 Å². The molecule has 198 valence electrons. The number of hydrogen-bond acceptors (Lipinski definition) is 6. The third-order valence-electron chi connectivity index (χ3n) is 7.35. The van der Waals surface area contributed by atoms with Crippen LogP contribution in [0.2, 0.25) is 0 Å². The average molecular weight is 518 g/mol. The first-order valence-corrected chi connectivity index (χ1v) is 13.1. The van der Waals surface area contributed by atoms with Gasteiger partial charge in [0.25, 0.3) is 0 Å². The fourth-order valence-electron chi connectivity index (χ4n) is 5.20. The summed E-state index contributed by atoms with van der Waals surface area (Å²) in [5.74, 6) is 1.07. The number of pyridine rings is 1. The monoisotopic (exact) mass is 517 g/mol. The summed E-state index contributed by atoms with van der Waals surface area (Å²) < 4.78 is 31.7. The Labute approximate surface area is 221 Å². The summed E-state index contributed by atoms with van der Waals surface area (Å²) in [5.41, 5.74) is 2.34. The first-order chi connectivity index (χ1) is 18.2. The molecule has 0 amide bonds. The summed E-state index contributed by atoms with van der Waals surface area (Å²) in [7, 11) is 0. The van der Waals surface area contributed by atoms with Crippen molar-refractivity contribution in [2.45, 2.75) is 53.0 Å². The van der Waals surface area contributed by atoms with Gasteiger partial charge in [-0.05, 0) is 75.9 Å². The van der Waals surface area contributed by atoms with Crippen molar-refractivity contribution in [3.05, 3.63) is 72.0 Å². The minimum Gasteiger partial charge on any atom is -0.378 e. The number of rotatable bonds is 7. The molecule has 7 nitrogen and oxygen atoms in total. The van der Waals surface area contributed by atoms with E-state index in [4.69, 9.17) is 0 Å². The van der Waals surface area contributed by atoms with Gasteiger partial charge in [-0.25, -0.2) is 28.7 Å². The summed E-state index contributed by atoms with van der Waals surface area (Å²) in [4.78, 5) is 19.7. The number of allylic oxidation sites excluding steroid dienone is 1. The van der Waals surface area contributed by atoms with Crippen molar-refractivity contribution in [2.75, 3.05) is 18.4 Å². The number of anilines is 2. The largest absolute Gasteiger partial charge is 0.378 e. The number of halogens is 2. The van der Waals surface area contributed by atoms with Gasteiger partial charge in [0.15, 0.2) is 11.6 Å². The molecule has 2 unspecified atom stereocenters. The Bertz CT molecular complexity index is 1480. The highest BCUT2D eigenvalue weighted by molar-refractivity contribution is 5.83. The molecule has 0 radical (unpaired) electrons. The maximum absolute atomic E-state index is 15.0. The van der Waals surface area contributed by atoms with Gasteiger partial charge in [0, 0.05) is 30.9 Å². The predicted octanol–water partition coefficient (Wildman–Crippen LogP) is 6.76. The number of fused-ring (bicyclic) bond motifs is 1. The molecule has 4 heterocycles. The normalized spacial score (nSPS) is 16.4. The fraction of sp³-hybridized carbons (Fsp3) is 0.379. The first-order valence-electron chi connectivity index (χ1n) is 13.1. The van der Waals surface area contributed by atoms with Crippen LogP contribution in [0, 0.1) is 24.5 Å². The molecule has 0 spiro atoms. The molecular weight excluding hydrogens is 484 g/mol. The van der Waals surface area contributed by atoms with Crippen molar-refractivity contribution in [2.24, 2.45) is 5.92 Å². The lowest BCUT2D eigenvalue weighted by atomic mass is 9.85. The van der Waals surface area contributed by atoms with Gasteiger partial charge in [0.05, 0.1) is 11.7 Å². The second kappa shape index (κ2) is 10.5. The van der Waals surface area contributed by atoms with Gasteiger partial charge in [-0.1, -0.05) is 19.1 Å². The fourth-order valence-corrected chi connectivity index (χ4v) is 5.20. The minimum absolute atomic E-state index is 0.00732. The minimum atomic E-state index is -0.638. The van der Waals surface area contributed by atoms with E-state index in [1.54, 1.807) is 6.07 Å². The number of aromatic nitrogens is 5. The number of aryl methyl sites for hydroxylation is 1. The highest BCUT2D eigenvalue weighted by atomic mass is 19.1. The van der Waals surface area contributed by atoms with E-state index in [1.165, 1.54) is 6.07 Å². The van der Waals surface area contributed by atoms with Crippen LogP contribution < -0.4 is 5.32 Å². The van der Waals surface area contributed by atoms with Crippen LogP contribution in [0.15, 0.2) is 48.9 Å². The van der Waals surface area contributed by atoms with Gasteiger partial charge in [-0.3, -0.25) is 0 Å². The van der Waals surface area contributed by atoms with Crippen molar-refractivity contribution in [3.8, 4) is 11.3 Å². The highest BCUT2D eigenvalue weighted by Crippen LogP contribution is 2.32. The van der Waals surface area contributed by atoms with Crippen LogP contribution in [0.1, 0.15) is 57.5 Å². The van der Waals surface area contributed by atoms with Crippen molar-refractivity contribution in [1.29, 1.82) is 0 Å². The Morgan fingerprint density at radius 2 is 1.87 bits per heavy atom. The summed E-state index contributed by atoms with van der Waals surface area (Å²) in [6.07, 6.45) is 8.53. The summed E-state index contributed by atoms with van der Waals surface area (Å²) >= 11 is 0. The molecule has 0 fully saturated rings. The van der Waals surface area contributed by atoms with E-state index in [2.05, 4.69) is 56.3 Å². The third-order valence-corrected chi connectivity index (χ3v) is 7.35. The van der Waals surface area contributed by atoms with Gasteiger partial charge in [0.1, 0.15) is 22.9 Å². The number of nitrogens with zero attached hydrogens (tertiary/aromatic N) is 6. The molecule has 1 aliphatic heterocycles. The van der Waals surface area contributed by atoms with Gasteiger partial charge in [-0.15, -0.1) is 0 Å². The van der Waals surface area contributed by atoms with E-state index in [0.717, 1.165) is 31.3 Å². The molecule has 2 atom stereocenters. The van der Waals surface area contributed by atoms with E-state index in [1.807, 2.05) is 43.7 Å². The summed E-state index contributed by atoms with van der Waals surface area (Å²) in [6, 6.07) is 6.98. The molecule has 0 saturated heterocycles.